The van der Waals surface area contributed by atoms with Gasteiger partial charge in [-0.05, 0) is 36.8 Å². The van der Waals surface area contributed by atoms with Crippen LogP contribution < -0.4 is 0 Å². The van der Waals surface area contributed by atoms with E-state index in [-0.39, 0.29) is 5.97 Å². The molecule has 0 amide bonds. The van der Waals surface area contributed by atoms with E-state index in [1.807, 2.05) is 17.8 Å². The van der Waals surface area contributed by atoms with Crippen LogP contribution in [0.4, 0.5) is 0 Å². The van der Waals surface area contributed by atoms with Gasteiger partial charge in [0.25, 0.3) is 0 Å². The first-order chi connectivity index (χ1) is 11.2. The fourth-order valence-electron chi connectivity index (χ4n) is 3.32. The van der Waals surface area contributed by atoms with E-state index in [4.69, 9.17) is 4.74 Å². The van der Waals surface area contributed by atoms with Crippen LogP contribution in [0.3, 0.4) is 0 Å². The summed E-state index contributed by atoms with van der Waals surface area (Å²) in [6.45, 7) is 2.28. The number of methoxy groups -OCH3 is 1. The predicted octanol–water partition coefficient (Wildman–Crippen LogP) is 5.48. The van der Waals surface area contributed by atoms with E-state index < -0.39 is 0 Å². The van der Waals surface area contributed by atoms with Gasteiger partial charge >= 0.3 is 5.97 Å². The maximum absolute atomic E-state index is 11.3. The van der Waals surface area contributed by atoms with E-state index in [1.165, 1.54) is 44.1 Å². The number of esters is 1. The molecule has 2 rings (SSSR count). The molecule has 0 heterocycles. The fraction of sp³-hybridized carbons (Fsp3) is 0.550. The lowest BCUT2D eigenvalue weighted by Gasteiger charge is -2.33. The Kier molecular flexibility index (Phi) is 7.73. The lowest BCUT2D eigenvalue weighted by Crippen LogP contribution is -2.25. The number of benzene rings is 1. The van der Waals surface area contributed by atoms with Crippen molar-refractivity contribution >= 4 is 17.7 Å². The van der Waals surface area contributed by atoms with Gasteiger partial charge in [0.15, 0.2) is 0 Å². The Balaban J connectivity index is 2.03. The van der Waals surface area contributed by atoms with Gasteiger partial charge in [0.1, 0.15) is 0 Å². The molecular formula is C20H28O2S. The number of hydrogen-bond acceptors (Lipinski definition) is 3. The van der Waals surface area contributed by atoms with Crippen molar-refractivity contribution in [2.24, 2.45) is 11.8 Å². The third-order valence-electron chi connectivity index (χ3n) is 4.60. The maximum Gasteiger partial charge on any atom is 0.309 e. The summed E-state index contributed by atoms with van der Waals surface area (Å²) in [6.07, 6.45) is 11.3. The quantitative estimate of drug-likeness (QED) is 0.375. The molecule has 23 heavy (non-hydrogen) atoms. The summed E-state index contributed by atoms with van der Waals surface area (Å²) in [4.78, 5) is 12.6. The predicted molar refractivity (Wildman–Crippen MR) is 97.6 cm³/mol. The second-order valence-electron chi connectivity index (χ2n) is 6.36. The van der Waals surface area contributed by atoms with Crippen LogP contribution in [-0.4, -0.2) is 18.3 Å². The van der Waals surface area contributed by atoms with Gasteiger partial charge in [0, 0.05) is 10.1 Å². The molecule has 0 radical (unpaired) electrons. The average Bonchev–Trinajstić information content (AvgIpc) is 2.61. The smallest absolute Gasteiger partial charge is 0.309 e. The topological polar surface area (TPSA) is 26.3 Å². The highest BCUT2D eigenvalue weighted by Gasteiger charge is 2.27. The van der Waals surface area contributed by atoms with Crippen molar-refractivity contribution in [3.8, 4) is 0 Å². The van der Waals surface area contributed by atoms with Crippen molar-refractivity contribution in [2.45, 2.75) is 55.6 Å². The maximum atomic E-state index is 11.3. The first kappa shape index (κ1) is 18.1. The van der Waals surface area contributed by atoms with E-state index in [0.717, 1.165) is 5.92 Å². The summed E-state index contributed by atoms with van der Waals surface area (Å²) in [5.74, 6) is 1.05. The molecule has 0 bridgehead atoms. The van der Waals surface area contributed by atoms with Gasteiger partial charge < -0.3 is 4.74 Å². The van der Waals surface area contributed by atoms with Crippen LogP contribution in [0.2, 0.25) is 0 Å². The zero-order valence-corrected chi connectivity index (χ0v) is 15.1. The van der Waals surface area contributed by atoms with Crippen LogP contribution in [0, 0.1) is 11.8 Å². The summed E-state index contributed by atoms with van der Waals surface area (Å²) in [5, 5.41) is 0.576. The molecule has 1 aliphatic carbocycles. The number of carbonyl (C=O) groups excluding carboxylic acids is 1. The van der Waals surface area contributed by atoms with Crippen molar-refractivity contribution in [3.05, 3.63) is 42.5 Å². The first-order valence-electron chi connectivity index (χ1n) is 8.66. The summed E-state index contributed by atoms with van der Waals surface area (Å²) in [7, 11) is 1.44. The van der Waals surface area contributed by atoms with Crippen molar-refractivity contribution in [2.75, 3.05) is 7.11 Å². The molecular weight excluding hydrogens is 304 g/mol. The molecule has 2 nitrogen and oxygen atoms in total. The Morgan fingerprint density at radius 2 is 1.96 bits per heavy atom. The van der Waals surface area contributed by atoms with Crippen LogP contribution in [0.15, 0.2) is 47.4 Å². The highest BCUT2D eigenvalue weighted by Crippen LogP contribution is 2.40. The zero-order valence-electron chi connectivity index (χ0n) is 14.2. The minimum atomic E-state index is -0.168. The Morgan fingerprint density at radius 3 is 2.61 bits per heavy atom. The Morgan fingerprint density at radius 1 is 1.26 bits per heavy atom. The number of ether oxygens (including phenoxy) is 1. The third kappa shape index (κ3) is 6.06. The van der Waals surface area contributed by atoms with Gasteiger partial charge in [-0.3, -0.25) is 4.79 Å². The van der Waals surface area contributed by atoms with Crippen LogP contribution in [0.5, 0.6) is 0 Å². The minimum Gasteiger partial charge on any atom is -0.469 e. The van der Waals surface area contributed by atoms with E-state index in [1.54, 1.807) is 0 Å². The van der Waals surface area contributed by atoms with Gasteiger partial charge in [0.05, 0.1) is 13.5 Å². The van der Waals surface area contributed by atoms with Crippen molar-refractivity contribution in [1.82, 2.24) is 0 Å². The molecule has 2 atom stereocenters. The highest BCUT2D eigenvalue weighted by atomic mass is 32.2. The molecule has 1 saturated carbocycles. The molecule has 1 aromatic rings. The Hall–Kier alpha value is -1.22. The number of allylic oxidation sites excluding steroid dienone is 1. The fourth-order valence-corrected chi connectivity index (χ4v) is 4.72. The standard InChI is InChI=1S/C20H28O2S/c1-16(10-9-15-19(21)22-2)20(17-11-5-3-6-12-17)23-18-13-7-4-8-14-18/h4,7-10,13-14,16-17,20H,3,5-6,11-12,15H2,1-2H3/b10-9+/t16-,20+/m0/s1. The van der Waals surface area contributed by atoms with E-state index in [2.05, 4.69) is 43.3 Å². The van der Waals surface area contributed by atoms with Crippen molar-refractivity contribution < 1.29 is 9.53 Å². The molecule has 126 valence electrons. The lowest BCUT2D eigenvalue weighted by molar-refractivity contribution is -0.139. The lowest BCUT2D eigenvalue weighted by atomic mass is 9.82. The number of hydrogen-bond donors (Lipinski definition) is 0. The number of carbonyl (C=O) groups is 1. The summed E-state index contributed by atoms with van der Waals surface area (Å²) in [6, 6.07) is 10.7. The van der Waals surface area contributed by atoms with Gasteiger partial charge in [-0.15, -0.1) is 11.8 Å². The number of rotatable bonds is 7. The molecule has 0 aromatic heterocycles. The van der Waals surface area contributed by atoms with Gasteiger partial charge in [-0.2, -0.15) is 0 Å². The Bertz CT molecular complexity index is 492. The van der Waals surface area contributed by atoms with E-state index >= 15 is 0 Å². The van der Waals surface area contributed by atoms with Gasteiger partial charge in [-0.25, -0.2) is 0 Å². The van der Waals surface area contributed by atoms with Gasteiger partial charge in [0.2, 0.25) is 0 Å². The normalized spacial score (nSPS) is 18.7. The zero-order chi connectivity index (χ0) is 16.5. The molecule has 0 saturated heterocycles. The second kappa shape index (κ2) is 9.82. The Labute approximate surface area is 144 Å². The largest absolute Gasteiger partial charge is 0.469 e. The molecule has 1 aliphatic rings. The van der Waals surface area contributed by atoms with Crippen LogP contribution in [0.1, 0.15) is 45.4 Å². The van der Waals surface area contributed by atoms with Gasteiger partial charge in [-0.1, -0.05) is 56.5 Å². The van der Waals surface area contributed by atoms with Crippen LogP contribution >= 0.6 is 11.8 Å². The summed E-state index contributed by atoms with van der Waals surface area (Å²) >= 11 is 2.00. The monoisotopic (exact) mass is 332 g/mol. The molecule has 0 aliphatic heterocycles. The summed E-state index contributed by atoms with van der Waals surface area (Å²) < 4.78 is 4.71. The molecule has 1 fully saturated rings. The minimum absolute atomic E-state index is 0.168. The van der Waals surface area contributed by atoms with Crippen molar-refractivity contribution in [3.63, 3.8) is 0 Å². The van der Waals surface area contributed by atoms with E-state index in [9.17, 15) is 4.79 Å². The molecule has 0 unspecified atom stereocenters. The molecule has 0 spiro atoms. The molecule has 0 N–H and O–H groups in total. The highest BCUT2D eigenvalue weighted by molar-refractivity contribution is 8.00. The molecule has 1 aromatic carbocycles. The molecule has 3 heteroatoms. The van der Waals surface area contributed by atoms with Crippen LogP contribution in [0.25, 0.3) is 0 Å². The second-order valence-corrected chi connectivity index (χ2v) is 7.61. The van der Waals surface area contributed by atoms with Crippen molar-refractivity contribution in [1.29, 1.82) is 0 Å². The summed E-state index contributed by atoms with van der Waals surface area (Å²) in [5.41, 5.74) is 0. The SMILES string of the molecule is COC(=O)C/C=C/[C@H](C)[C@@H](Sc1ccccc1)C1CCCCC1. The average molecular weight is 333 g/mol. The number of thioether (sulfide) groups is 1. The van der Waals surface area contributed by atoms with E-state index in [0.29, 0.717) is 17.6 Å². The first-order valence-corrected chi connectivity index (χ1v) is 9.54. The third-order valence-corrected chi connectivity index (χ3v) is 6.23. The van der Waals surface area contributed by atoms with Crippen LogP contribution in [-0.2, 0) is 9.53 Å².